The largest absolute Gasteiger partial charge is 0.267 e. The van der Waals surface area contributed by atoms with Crippen molar-refractivity contribution in [2.45, 2.75) is 38.0 Å². The fraction of sp³-hybridized carbons (Fsp3) is 0.238. The lowest BCUT2D eigenvalue weighted by Gasteiger charge is -2.17. The molecule has 0 fully saturated rings. The zero-order valence-electron chi connectivity index (χ0n) is 16.7. The Labute approximate surface area is 174 Å². The van der Waals surface area contributed by atoms with Gasteiger partial charge < -0.3 is 0 Å². The highest BCUT2D eigenvalue weighted by atomic mass is 32.2. The zero-order valence-corrected chi connectivity index (χ0v) is 18.3. The van der Waals surface area contributed by atoms with Crippen molar-refractivity contribution < 1.29 is 8.42 Å². The number of para-hydroxylation sites is 2. The fourth-order valence-electron chi connectivity index (χ4n) is 3.09. The summed E-state index contributed by atoms with van der Waals surface area (Å²) in [4.78, 5) is 4.64. The van der Waals surface area contributed by atoms with Crippen molar-refractivity contribution in [3.63, 3.8) is 0 Å². The van der Waals surface area contributed by atoms with Gasteiger partial charge in [-0.3, -0.25) is 4.72 Å². The molecule has 8 heteroatoms. The van der Waals surface area contributed by atoms with Crippen molar-refractivity contribution in [2.24, 2.45) is 0 Å². The van der Waals surface area contributed by atoms with Crippen molar-refractivity contribution >= 4 is 36.7 Å². The number of nitrogens with zero attached hydrogens (tertiary/aromatic N) is 3. The molecular weight excluding hydrogens is 404 g/mol. The van der Waals surface area contributed by atoms with Crippen molar-refractivity contribution in [1.82, 2.24) is 14.8 Å². The lowest BCUT2D eigenvalue weighted by molar-refractivity contribution is 0.543. The van der Waals surface area contributed by atoms with Gasteiger partial charge in [-0.2, -0.15) is 5.10 Å². The molecule has 0 saturated carbocycles. The summed E-state index contributed by atoms with van der Waals surface area (Å²) in [6.07, 6.45) is 1.57. The first kappa shape index (κ1) is 19.6. The lowest BCUT2D eigenvalue weighted by atomic mass is 9.92. The Bertz CT molecular complexity index is 1280. The second-order valence-corrected chi connectivity index (χ2v) is 10.6. The summed E-state index contributed by atoms with van der Waals surface area (Å²) in [5.74, 6) is 0. The van der Waals surface area contributed by atoms with Crippen molar-refractivity contribution in [2.75, 3.05) is 4.72 Å². The first-order valence-corrected chi connectivity index (χ1v) is 11.5. The van der Waals surface area contributed by atoms with Crippen LogP contribution in [0.2, 0.25) is 0 Å². The van der Waals surface area contributed by atoms with E-state index < -0.39 is 15.4 Å². The molecule has 1 N–H and O–H groups in total. The van der Waals surface area contributed by atoms with Crippen molar-refractivity contribution in [3.8, 4) is 5.69 Å². The van der Waals surface area contributed by atoms with E-state index in [2.05, 4.69) is 14.8 Å². The molecule has 0 atom stereocenters. The number of aromatic nitrogens is 3. The molecule has 0 aliphatic rings. The minimum absolute atomic E-state index is 0.157. The molecule has 150 valence electrons. The number of anilines is 1. The van der Waals surface area contributed by atoms with Gasteiger partial charge in [-0.25, -0.2) is 18.1 Å². The van der Waals surface area contributed by atoms with Crippen LogP contribution in [0.15, 0.2) is 59.6 Å². The van der Waals surface area contributed by atoms with Crippen LogP contribution < -0.4 is 4.72 Å². The molecule has 2 heterocycles. The van der Waals surface area contributed by atoms with Gasteiger partial charge in [0.05, 0.1) is 27.8 Å². The highest BCUT2D eigenvalue weighted by molar-refractivity contribution is 7.93. The summed E-state index contributed by atoms with van der Waals surface area (Å²) >= 11 is 1.32. The van der Waals surface area contributed by atoms with Crippen LogP contribution in [0.4, 0.5) is 5.13 Å². The van der Waals surface area contributed by atoms with E-state index in [-0.39, 0.29) is 4.90 Å². The third kappa shape index (κ3) is 3.77. The molecular formula is C21H22N4O2S2. The Hall–Kier alpha value is -2.71. The summed E-state index contributed by atoms with van der Waals surface area (Å²) in [6, 6.07) is 15.3. The molecule has 0 aliphatic heterocycles. The molecule has 6 nitrogen and oxygen atoms in total. The second kappa shape index (κ2) is 6.96. The van der Waals surface area contributed by atoms with Gasteiger partial charge in [0.2, 0.25) is 0 Å². The van der Waals surface area contributed by atoms with Crippen molar-refractivity contribution in [3.05, 3.63) is 66.0 Å². The topological polar surface area (TPSA) is 76.9 Å². The van der Waals surface area contributed by atoms with Gasteiger partial charge in [-0.15, -0.1) is 0 Å². The van der Waals surface area contributed by atoms with Crippen LogP contribution in [0.5, 0.6) is 0 Å². The van der Waals surface area contributed by atoms with Gasteiger partial charge in [0.1, 0.15) is 4.90 Å². The molecule has 2 aromatic heterocycles. The maximum atomic E-state index is 13.3. The molecule has 0 bridgehead atoms. The number of sulfonamides is 1. The predicted octanol–water partition coefficient (Wildman–Crippen LogP) is 4.89. The fourth-order valence-corrected chi connectivity index (χ4v) is 5.60. The van der Waals surface area contributed by atoms with Crippen LogP contribution in [0.3, 0.4) is 0 Å². The number of nitrogens with one attached hydrogen (secondary N) is 1. The Balaban J connectivity index is 1.79. The van der Waals surface area contributed by atoms with Crippen LogP contribution in [-0.2, 0) is 15.4 Å². The van der Waals surface area contributed by atoms with E-state index >= 15 is 0 Å². The third-order valence-corrected chi connectivity index (χ3v) is 6.95. The summed E-state index contributed by atoms with van der Waals surface area (Å²) in [7, 11) is -3.86. The third-order valence-electron chi connectivity index (χ3n) is 4.54. The van der Waals surface area contributed by atoms with E-state index in [0.29, 0.717) is 10.8 Å². The van der Waals surface area contributed by atoms with Gasteiger partial charge in [0, 0.05) is 5.41 Å². The van der Waals surface area contributed by atoms with Crippen LogP contribution >= 0.6 is 11.3 Å². The molecule has 2 aromatic carbocycles. The van der Waals surface area contributed by atoms with E-state index in [0.717, 1.165) is 21.5 Å². The van der Waals surface area contributed by atoms with Gasteiger partial charge in [-0.05, 0) is 30.7 Å². The summed E-state index contributed by atoms with van der Waals surface area (Å²) in [5, 5.41) is 4.95. The normalized spacial score (nSPS) is 12.4. The lowest BCUT2D eigenvalue weighted by Crippen LogP contribution is -2.20. The minimum atomic E-state index is -3.86. The molecule has 4 rings (SSSR count). The number of aryl methyl sites for hydroxylation is 1. The SMILES string of the molecule is Cc1cccc2sc(NS(=O)(=O)c3cn(-c4ccccc4)nc3C(C)(C)C)nc12. The van der Waals surface area contributed by atoms with E-state index in [9.17, 15) is 8.42 Å². The van der Waals surface area contributed by atoms with Crippen LogP contribution in [0.1, 0.15) is 32.0 Å². The van der Waals surface area contributed by atoms with E-state index in [4.69, 9.17) is 0 Å². The zero-order chi connectivity index (χ0) is 20.8. The highest BCUT2D eigenvalue weighted by Crippen LogP contribution is 2.33. The number of hydrogen-bond donors (Lipinski definition) is 1. The molecule has 0 unspecified atom stereocenters. The monoisotopic (exact) mass is 426 g/mol. The maximum absolute atomic E-state index is 13.3. The first-order chi connectivity index (χ1) is 13.6. The smallest absolute Gasteiger partial charge is 0.254 e. The number of rotatable bonds is 4. The minimum Gasteiger partial charge on any atom is -0.254 e. The van der Waals surface area contributed by atoms with Gasteiger partial charge in [0.15, 0.2) is 5.13 Å². The van der Waals surface area contributed by atoms with E-state index in [1.165, 1.54) is 11.3 Å². The Morgan fingerprint density at radius 3 is 2.41 bits per heavy atom. The predicted molar refractivity (Wildman–Crippen MR) is 117 cm³/mol. The van der Waals surface area contributed by atoms with Gasteiger partial charge in [-0.1, -0.05) is 62.4 Å². The Morgan fingerprint density at radius 2 is 1.76 bits per heavy atom. The Morgan fingerprint density at radius 1 is 1.03 bits per heavy atom. The Kier molecular flexibility index (Phi) is 4.71. The summed E-state index contributed by atoms with van der Waals surface area (Å²) in [6.45, 7) is 7.81. The highest BCUT2D eigenvalue weighted by Gasteiger charge is 2.31. The molecule has 4 aromatic rings. The van der Waals surface area contributed by atoms with Crippen LogP contribution in [-0.4, -0.2) is 23.2 Å². The molecule has 0 spiro atoms. The summed E-state index contributed by atoms with van der Waals surface area (Å²) in [5.41, 5.74) is 2.68. The second-order valence-electron chi connectivity index (χ2n) is 7.92. The maximum Gasteiger partial charge on any atom is 0.267 e. The van der Waals surface area contributed by atoms with E-state index in [1.807, 2.05) is 76.2 Å². The average molecular weight is 427 g/mol. The molecule has 0 saturated heterocycles. The van der Waals surface area contributed by atoms with Crippen LogP contribution in [0.25, 0.3) is 15.9 Å². The average Bonchev–Trinajstić information content (AvgIpc) is 3.27. The number of thiazole rings is 1. The number of fused-ring (bicyclic) bond motifs is 1. The van der Waals surface area contributed by atoms with E-state index in [1.54, 1.807) is 10.9 Å². The van der Waals surface area contributed by atoms with Crippen LogP contribution in [0, 0.1) is 6.92 Å². The quantitative estimate of drug-likeness (QED) is 0.504. The van der Waals surface area contributed by atoms with Gasteiger partial charge in [0.25, 0.3) is 10.0 Å². The molecule has 29 heavy (non-hydrogen) atoms. The molecule has 0 radical (unpaired) electrons. The van der Waals surface area contributed by atoms with Crippen molar-refractivity contribution in [1.29, 1.82) is 0 Å². The standard InChI is InChI=1S/C21H22N4O2S2/c1-14-9-8-12-16-18(14)22-20(28-16)24-29(26,27)17-13-25(15-10-6-5-7-11-15)23-19(17)21(2,3)4/h5-13H,1-4H3,(H,22,24). The number of hydrogen-bond acceptors (Lipinski definition) is 5. The number of benzene rings is 2. The first-order valence-electron chi connectivity index (χ1n) is 9.20. The van der Waals surface area contributed by atoms with Gasteiger partial charge >= 0.3 is 0 Å². The molecule has 0 aliphatic carbocycles. The molecule has 0 amide bonds. The summed E-state index contributed by atoms with van der Waals surface area (Å²) < 4.78 is 31.8.